The Hall–Kier alpha value is -2.24. The number of rotatable bonds is 7. The zero-order valence-electron chi connectivity index (χ0n) is 12.6. The number of benzene rings is 1. The third kappa shape index (κ3) is 4.98. The van der Waals surface area contributed by atoms with Gasteiger partial charge in [0, 0.05) is 6.04 Å². The Morgan fingerprint density at radius 1 is 1.29 bits per heavy atom. The van der Waals surface area contributed by atoms with Crippen LogP contribution >= 0.6 is 0 Å². The summed E-state index contributed by atoms with van der Waals surface area (Å²) in [7, 11) is 1.46. The number of methoxy groups -OCH3 is 1. The fourth-order valence-corrected chi connectivity index (χ4v) is 1.81. The number of nitrogens with one attached hydrogen (secondary N) is 1. The summed E-state index contributed by atoms with van der Waals surface area (Å²) in [6.07, 6.45) is 1.68. The fourth-order valence-electron chi connectivity index (χ4n) is 1.81. The first-order chi connectivity index (χ1) is 10.0. The van der Waals surface area contributed by atoms with Gasteiger partial charge in [-0.05, 0) is 31.0 Å². The molecule has 6 nitrogen and oxygen atoms in total. The van der Waals surface area contributed by atoms with E-state index in [4.69, 9.17) is 15.2 Å². The van der Waals surface area contributed by atoms with Crippen LogP contribution in [0.3, 0.4) is 0 Å². The highest BCUT2D eigenvalue weighted by atomic mass is 16.5. The lowest BCUT2D eigenvalue weighted by atomic mass is 10.2. The van der Waals surface area contributed by atoms with Crippen LogP contribution in [-0.2, 0) is 9.53 Å². The molecular weight excluding hydrogens is 272 g/mol. The minimum absolute atomic E-state index is 0.104. The predicted octanol–water partition coefficient (Wildman–Crippen LogP) is 1.74. The molecule has 0 saturated carbocycles. The highest BCUT2D eigenvalue weighted by molar-refractivity contribution is 5.92. The molecule has 0 heterocycles. The predicted molar refractivity (Wildman–Crippen MR) is 80.2 cm³/mol. The topological polar surface area (TPSA) is 90.7 Å². The SMILES string of the molecule is CCC(CC)NC(=O)COC(=O)c1ccc(N)c(OC)c1. The van der Waals surface area contributed by atoms with Gasteiger partial charge in [-0.1, -0.05) is 13.8 Å². The normalized spacial score (nSPS) is 10.3. The van der Waals surface area contributed by atoms with Gasteiger partial charge in [0.15, 0.2) is 6.61 Å². The molecule has 1 aromatic carbocycles. The molecule has 0 bridgehead atoms. The van der Waals surface area contributed by atoms with Gasteiger partial charge in [0.25, 0.3) is 5.91 Å². The van der Waals surface area contributed by atoms with E-state index in [1.807, 2.05) is 13.8 Å². The number of amides is 1. The van der Waals surface area contributed by atoms with Crippen molar-refractivity contribution in [3.63, 3.8) is 0 Å². The van der Waals surface area contributed by atoms with E-state index < -0.39 is 5.97 Å². The van der Waals surface area contributed by atoms with E-state index in [9.17, 15) is 9.59 Å². The maximum absolute atomic E-state index is 11.9. The van der Waals surface area contributed by atoms with Crippen molar-refractivity contribution in [3.05, 3.63) is 23.8 Å². The lowest BCUT2D eigenvalue weighted by molar-refractivity contribution is -0.125. The highest BCUT2D eigenvalue weighted by Crippen LogP contribution is 2.22. The molecule has 0 spiro atoms. The number of hydrogen-bond donors (Lipinski definition) is 2. The second kappa shape index (κ2) is 8.14. The van der Waals surface area contributed by atoms with E-state index in [-0.39, 0.29) is 24.1 Å². The summed E-state index contributed by atoms with van der Waals surface area (Å²) < 4.78 is 10.0. The van der Waals surface area contributed by atoms with Crippen molar-refractivity contribution in [1.82, 2.24) is 5.32 Å². The maximum atomic E-state index is 11.9. The average molecular weight is 294 g/mol. The summed E-state index contributed by atoms with van der Waals surface area (Å²) in [6, 6.07) is 4.67. The summed E-state index contributed by atoms with van der Waals surface area (Å²) in [4.78, 5) is 23.5. The van der Waals surface area contributed by atoms with Gasteiger partial charge in [0.2, 0.25) is 0 Å². The quantitative estimate of drug-likeness (QED) is 0.590. The number of nitrogen functional groups attached to an aromatic ring is 1. The first kappa shape index (κ1) is 16.8. The summed E-state index contributed by atoms with van der Waals surface area (Å²) in [5, 5.41) is 2.79. The Morgan fingerprint density at radius 2 is 1.95 bits per heavy atom. The van der Waals surface area contributed by atoms with Crippen LogP contribution in [0.2, 0.25) is 0 Å². The standard InChI is InChI=1S/C15H22N2O4/c1-4-11(5-2)17-14(18)9-21-15(19)10-6-7-12(16)13(8-10)20-3/h6-8,11H,4-5,9,16H2,1-3H3,(H,17,18). The number of carbonyl (C=O) groups excluding carboxylic acids is 2. The first-order valence-corrected chi connectivity index (χ1v) is 6.91. The van der Waals surface area contributed by atoms with Crippen molar-refractivity contribution in [2.24, 2.45) is 0 Å². The zero-order chi connectivity index (χ0) is 15.8. The highest BCUT2D eigenvalue weighted by Gasteiger charge is 2.14. The second-order valence-electron chi connectivity index (χ2n) is 4.61. The molecule has 0 aliphatic carbocycles. The summed E-state index contributed by atoms with van der Waals surface area (Å²) in [5.41, 5.74) is 6.39. The van der Waals surface area contributed by atoms with Gasteiger partial charge in [-0.25, -0.2) is 4.79 Å². The number of carbonyl (C=O) groups is 2. The second-order valence-corrected chi connectivity index (χ2v) is 4.61. The summed E-state index contributed by atoms with van der Waals surface area (Å²) in [6.45, 7) is 3.67. The van der Waals surface area contributed by atoms with Gasteiger partial charge in [0.05, 0.1) is 18.4 Å². The molecule has 0 radical (unpaired) electrons. The summed E-state index contributed by atoms with van der Waals surface area (Å²) in [5.74, 6) is -0.501. The van der Waals surface area contributed by atoms with Gasteiger partial charge < -0.3 is 20.5 Å². The monoisotopic (exact) mass is 294 g/mol. The van der Waals surface area contributed by atoms with E-state index in [2.05, 4.69) is 5.32 Å². The van der Waals surface area contributed by atoms with Crippen molar-refractivity contribution in [1.29, 1.82) is 0 Å². The minimum atomic E-state index is -0.590. The van der Waals surface area contributed by atoms with Crippen LogP contribution < -0.4 is 15.8 Å². The molecule has 1 aromatic rings. The minimum Gasteiger partial charge on any atom is -0.495 e. The fraction of sp³-hybridized carbons (Fsp3) is 0.467. The van der Waals surface area contributed by atoms with Crippen LogP contribution in [0.25, 0.3) is 0 Å². The molecule has 0 aliphatic rings. The Bertz CT molecular complexity index is 498. The maximum Gasteiger partial charge on any atom is 0.338 e. The van der Waals surface area contributed by atoms with Crippen LogP contribution in [-0.4, -0.2) is 31.6 Å². The van der Waals surface area contributed by atoms with E-state index in [0.717, 1.165) is 12.8 Å². The van der Waals surface area contributed by atoms with E-state index >= 15 is 0 Å². The number of anilines is 1. The van der Waals surface area contributed by atoms with Gasteiger partial charge in [0.1, 0.15) is 5.75 Å². The molecular formula is C15H22N2O4. The smallest absolute Gasteiger partial charge is 0.338 e. The number of ether oxygens (including phenoxy) is 2. The first-order valence-electron chi connectivity index (χ1n) is 6.91. The van der Waals surface area contributed by atoms with Crippen molar-refractivity contribution in [2.45, 2.75) is 32.7 Å². The molecule has 116 valence electrons. The zero-order valence-corrected chi connectivity index (χ0v) is 12.6. The lowest BCUT2D eigenvalue weighted by Gasteiger charge is -2.14. The van der Waals surface area contributed by atoms with E-state index in [1.54, 1.807) is 6.07 Å². The Morgan fingerprint density at radius 3 is 2.52 bits per heavy atom. The molecule has 3 N–H and O–H groups in total. The van der Waals surface area contributed by atoms with Crippen molar-refractivity contribution >= 4 is 17.6 Å². The van der Waals surface area contributed by atoms with Gasteiger partial charge in [-0.3, -0.25) is 4.79 Å². The van der Waals surface area contributed by atoms with Crippen LogP contribution in [0.15, 0.2) is 18.2 Å². The van der Waals surface area contributed by atoms with Crippen molar-refractivity contribution < 1.29 is 19.1 Å². The third-order valence-electron chi connectivity index (χ3n) is 3.15. The third-order valence-corrected chi connectivity index (χ3v) is 3.15. The van der Waals surface area contributed by atoms with Crippen molar-refractivity contribution in [3.8, 4) is 5.75 Å². The molecule has 6 heteroatoms. The van der Waals surface area contributed by atoms with Gasteiger partial charge in [-0.2, -0.15) is 0 Å². The van der Waals surface area contributed by atoms with Crippen molar-refractivity contribution in [2.75, 3.05) is 19.5 Å². The molecule has 0 atom stereocenters. The number of esters is 1. The number of nitrogens with two attached hydrogens (primary N) is 1. The molecule has 1 rings (SSSR count). The molecule has 0 aliphatic heterocycles. The molecule has 0 aromatic heterocycles. The van der Waals surface area contributed by atoms with Crippen LogP contribution in [0, 0.1) is 0 Å². The Kier molecular flexibility index (Phi) is 6.52. The largest absolute Gasteiger partial charge is 0.495 e. The van der Waals surface area contributed by atoms with Crippen LogP contribution in [0.5, 0.6) is 5.75 Å². The Balaban J connectivity index is 2.56. The lowest BCUT2D eigenvalue weighted by Crippen LogP contribution is -2.36. The summed E-state index contributed by atoms with van der Waals surface area (Å²) >= 11 is 0. The molecule has 0 fully saturated rings. The number of hydrogen-bond acceptors (Lipinski definition) is 5. The molecule has 1 amide bonds. The van der Waals surface area contributed by atoms with E-state index in [1.165, 1.54) is 19.2 Å². The van der Waals surface area contributed by atoms with Crippen LogP contribution in [0.1, 0.15) is 37.0 Å². The van der Waals surface area contributed by atoms with Crippen LogP contribution in [0.4, 0.5) is 5.69 Å². The van der Waals surface area contributed by atoms with Gasteiger partial charge in [-0.15, -0.1) is 0 Å². The molecule has 0 unspecified atom stereocenters. The molecule has 21 heavy (non-hydrogen) atoms. The van der Waals surface area contributed by atoms with Gasteiger partial charge >= 0.3 is 5.97 Å². The Labute approximate surface area is 124 Å². The van der Waals surface area contributed by atoms with E-state index in [0.29, 0.717) is 11.4 Å². The molecule has 0 saturated heterocycles. The average Bonchev–Trinajstić information content (AvgIpc) is 2.50.